The third-order valence-electron chi connectivity index (χ3n) is 8.42. The average Bonchev–Trinajstić information content (AvgIpc) is 3.67. The van der Waals surface area contributed by atoms with E-state index in [1.165, 1.54) is 17.8 Å². The van der Waals surface area contributed by atoms with Gasteiger partial charge in [0.25, 0.3) is 16.8 Å². The standard InChI is InChI=1S/C33H31N5O3S/c39-30-28(36-22-6-2-1-3-7-22)29(31(30)40)38-16-13-20-18-23(10-11-27(20)38)37-33(41)32-26(14-17-42-32)35-19-21-12-15-34-25-9-5-4-8-24(21)25/h4-5,8-12,14-15,17-18,22,35-36H,1-3,6-7,13,16,19H2,(H,37,41). The predicted octanol–water partition coefficient (Wildman–Crippen LogP) is 6.20. The van der Waals surface area contributed by atoms with Crippen LogP contribution in [0.5, 0.6) is 0 Å². The van der Waals surface area contributed by atoms with E-state index in [1.54, 1.807) is 6.20 Å². The van der Waals surface area contributed by atoms with E-state index in [4.69, 9.17) is 0 Å². The number of carbonyl (C=O) groups excluding carboxylic acids is 1. The molecule has 0 radical (unpaired) electrons. The number of aromatic nitrogens is 1. The molecule has 3 N–H and O–H groups in total. The number of nitrogens with zero attached hydrogens (tertiary/aromatic N) is 2. The van der Waals surface area contributed by atoms with E-state index in [-0.39, 0.29) is 11.9 Å². The van der Waals surface area contributed by atoms with Gasteiger partial charge in [-0.15, -0.1) is 11.3 Å². The Hall–Kier alpha value is -4.50. The van der Waals surface area contributed by atoms with Gasteiger partial charge < -0.3 is 20.9 Å². The fourth-order valence-electron chi connectivity index (χ4n) is 6.25. The van der Waals surface area contributed by atoms with Crippen molar-refractivity contribution in [3.63, 3.8) is 0 Å². The quantitative estimate of drug-likeness (QED) is 0.189. The molecule has 1 amide bonds. The Morgan fingerprint density at radius 1 is 1.00 bits per heavy atom. The van der Waals surface area contributed by atoms with Gasteiger partial charge in [0.1, 0.15) is 16.3 Å². The Labute approximate surface area is 247 Å². The van der Waals surface area contributed by atoms with Gasteiger partial charge in [0.15, 0.2) is 0 Å². The van der Waals surface area contributed by atoms with Crippen LogP contribution in [0.2, 0.25) is 0 Å². The van der Waals surface area contributed by atoms with Gasteiger partial charge in [-0.2, -0.15) is 0 Å². The Kier molecular flexibility index (Phi) is 6.95. The molecule has 2 aliphatic rings. The average molecular weight is 578 g/mol. The lowest BCUT2D eigenvalue weighted by molar-refractivity contribution is 0.103. The monoisotopic (exact) mass is 577 g/mol. The lowest BCUT2D eigenvalue weighted by Gasteiger charge is -2.28. The molecule has 212 valence electrons. The number of hydrogen-bond donors (Lipinski definition) is 3. The number of benzene rings is 2. The highest BCUT2D eigenvalue weighted by atomic mass is 32.1. The van der Waals surface area contributed by atoms with Crippen molar-refractivity contribution in [3.05, 3.63) is 103 Å². The molecule has 8 nitrogen and oxygen atoms in total. The number of hydrogen-bond acceptors (Lipinski definition) is 8. The maximum Gasteiger partial charge on any atom is 0.267 e. The summed E-state index contributed by atoms with van der Waals surface area (Å²) < 4.78 is 0. The second-order valence-corrected chi connectivity index (χ2v) is 12.0. The van der Waals surface area contributed by atoms with Crippen molar-refractivity contribution in [1.29, 1.82) is 0 Å². The van der Waals surface area contributed by atoms with Crippen LogP contribution in [0, 0.1) is 0 Å². The highest BCUT2D eigenvalue weighted by Gasteiger charge is 2.32. The minimum absolute atomic E-state index is 0.177. The second kappa shape index (κ2) is 11.1. The first kappa shape index (κ1) is 26.4. The number of anilines is 5. The zero-order chi connectivity index (χ0) is 28.6. The first-order chi connectivity index (χ1) is 20.6. The largest absolute Gasteiger partial charge is 0.380 e. The summed E-state index contributed by atoms with van der Waals surface area (Å²) >= 11 is 1.39. The van der Waals surface area contributed by atoms with Gasteiger partial charge in [0, 0.05) is 42.1 Å². The summed E-state index contributed by atoms with van der Waals surface area (Å²) in [4.78, 5) is 45.4. The molecule has 0 unspecified atom stereocenters. The van der Waals surface area contributed by atoms with Crippen LogP contribution >= 0.6 is 11.3 Å². The van der Waals surface area contributed by atoms with Crippen LogP contribution in [0.4, 0.5) is 28.4 Å². The van der Waals surface area contributed by atoms with Crippen LogP contribution in [0.3, 0.4) is 0 Å². The van der Waals surface area contributed by atoms with E-state index in [2.05, 4.69) is 27.0 Å². The predicted molar refractivity (Wildman–Crippen MR) is 170 cm³/mol. The Balaban J connectivity index is 1.05. The summed E-state index contributed by atoms with van der Waals surface area (Å²) in [5.74, 6) is -0.177. The van der Waals surface area contributed by atoms with Gasteiger partial charge in [0.2, 0.25) is 0 Å². The fraction of sp³-hybridized carbons (Fsp3) is 0.273. The number of para-hydroxylation sites is 1. The first-order valence-electron chi connectivity index (χ1n) is 14.5. The molecule has 3 heterocycles. The van der Waals surface area contributed by atoms with E-state index in [1.807, 2.05) is 58.8 Å². The third-order valence-corrected chi connectivity index (χ3v) is 9.33. The summed E-state index contributed by atoms with van der Waals surface area (Å²) in [5, 5.41) is 12.9. The number of amides is 1. The molecule has 3 aromatic carbocycles. The van der Waals surface area contributed by atoms with Crippen molar-refractivity contribution in [1.82, 2.24) is 4.98 Å². The van der Waals surface area contributed by atoms with E-state index >= 15 is 0 Å². The summed E-state index contributed by atoms with van der Waals surface area (Å²) in [6, 6.07) is 18.0. The van der Waals surface area contributed by atoms with Crippen molar-refractivity contribution >= 4 is 56.6 Å². The van der Waals surface area contributed by atoms with Crippen molar-refractivity contribution in [2.75, 3.05) is 27.4 Å². The van der Waals surface area contributed by atoms with Crippen molar-refractivity contribution < 1.29 is 4.79 Å². The highest BCUT2D eigenvalue weighted by Crippen LogP contribution is 2.38. The molecule has 0 spiro atoms. The summed E-state index contributed by atoms with van der Waals surface area (Å²) in [6.07, 6.45) is 8.11. The van der Waals surface area contributed by atoms with Gasteiger partial charge >= 0.3 is 0 Å². The summed E-state index contributed by atoms with van der Waals surface area (Å²) in [5.41, 5.74) is 5.60. The third kappa shape index (κ3) is 4.83. The molecule has 1 aliphatic heterocycles. The number of nitrogens with one attached hydrogen (secondary N) is 3. The zero-order valence-electron chi connectivity index (χ0n) is 23.1. The Morgan fingerprint density at radius 2 is 1.86 bits per heavy atom. The molecule has 1 fully saturated rings. The SMILES string of the molecule is O=C(Nc1ccc2c(c1)CCN2c1c(NC2CCCCC2)c(=O)c1=O)c1sccc1NCc1ccnc2ccccc12. The molecule has 9 heteroatoms. The van der Waals surface area contributed by atoms with Gasteiger partial charge in [-0.25, -0.2) is 0 Å². The molecular formula is C33H31N5O3S. The highest BCUT2D eigenvalue weighted by molar-refractivity contribution is 7.12. The van der Waals surface area contributed by atoms with Crippen LogP contribution in [0.15, 0.2) is 75.8 Å². The van der Waals surface area contributed by atoms with E-state index < -0.39 is 10.9 Å². The lowest BCUT2D eigenvalue weighted by atomic mass is 9.95. The Bertz CT molecular complexity index is 1860. The second-order valence-electron chi connectivity index (χ2n) is 11.1. The topological polar surface area (TPSA) is 103 Å². The number of pyridine rings is 1. The van der Waals surface area contributed by atoms with Gasteiger partial charge in [0.05, 0.1) is 11.2 Å². The smallest absolute Gasteiger partial charge is 0.267 e. The molecule has 7 rings (SSSR count). The number of thiophene rings is 1. The molecule has 2 aromatic heterocycles. The molecule has 5 aromatic rings. The van der Waals surface area contributed by atoms with Gasteiger partial charge in [-0.3, -0.25) is 19.4 Å². The van der Waals surface area contributed by atoms with E-state index in [9.17, 15) is 14.4 Å². The fourth-order valence-corrected chi connectivity index (χ4v) is 7.01. The summed E-state index contributed by atoms with van der Waals surface area (Å²) in [7, 11) is 0. The number of carbonyl (C=O) groups is 1. The molecule has 0 atom stereocenters. The van der Waals surface area contributed by atoms with Crippen LogP contribution in [0.25, 0.3) is 10.9 Å². The van der Waals surface area contributed by atoms with Crippen LogP contribution < -0.4 is 31.7 Å². The molecular weight excluding hydrogens is 546 g/mol. The molecule has 1 saturated carbocycles. The van der Waals surface area contributed by atoms with Crippen molar-refractivity contribution in [3.8, 4) is 0 Å². The molecule has 42 heavy (non-hydrogen) atoms. The first-order valence-corrected chi connectivity index (χ1v) is 15.4. The number of fused-ring (bicyclic) bond motifs is 2. The zero-order valence-corrected chi connectivity index (χ0v) is 23.9. The van der Waals surface area contributed by atoms with E-state index in [0.717, 1.165) is 65.5 Å². The molecule has 0 saturated heterocycles. The maximum absolute atomic E-state index is 13.3. The van der Waals surface area contributed by atoms with Gasteiger partial charge in [-0.05, 0) is 72.2 Å². The Morgan fingerprint density at radius 3 is 2.74 bits per heavy atom. The van der Waals surface area contributed by atoms with Crippen molar-refractivity contribution in [2.24, 2.45) is 0 Å². The van der Waals surface area contributed by atoms with Crippen LogP contribution in [0.1, 0.15) is 52.9 Å². The van der Waals surface area contributed by atoms with Crippen molar-refractivity contribution in [2.45, 2.75) is 51.1 Å². The summed E-state index contributed by atoms with van der Waals surface area (Å²) in [6.45, 7) is 1.20. The van der Waals surface area contributed by atoms with Gasteiger partial charge in [-0.1, -0.05) is 37.5 Å². The normalized spacial score (nSPS) is 15.2. The van der Waals surface area contributed by atoms with Crippen LogP contribution in [-0.4, -0.2) is 23.5 Å². The molecule has 0 bridgehead atoms. The van der Waals surface area contributed by atoms with E-state index in [0.29, 0.717) is 35.0 Å². The lowest BCUT2D eigenvalue weighted by Crippen LogP contribution is -2.42. The minimum Gasteiger partial charge on any atom is -0.380 e. The number of rotatable bonds is 8. The van der Waals surface area contributed by atoms with Crippen LogP contribution in [-0.2, 0) is 13.0 Å². The molecule has 1 aliphatic carbocycles. The maximum atomic E-state index is 13.3. The minimum atomic E-state index is -0.420.